The number of ether oxygens (including phenoxy) is 1. The van der Waals surface area contributed by atoms with E-state index in [0.717, 1.165) is 31.6 Å². The van der Waals surface area contributed by atoms with Gasteiger partial charge in [0.2, 0.25) is 5.91 Å². The molecule has 0 saturated carbocycles. The fraction of sp³-hybridized carbons (Fsp3) is 0.562. The van der Waals surface area contributed by atoms with E-state index in [2.05, 4.69) is 25.1 Å². The third kappa shape index (κ3) is 1.51. The number of hydrogen-bond acceptors (Lipinski definition) is 2. The van der Waals surface area contributed by atoms with Crippen molar-refractivity contribution in [2.45, 2.75) is 50.2 Å². The Hall–Kier alpha value is -1.35. The van der Waals surface area contributed by atoms with Crippen LogP contribution >= 0.6 is 0 Å². The summed E-state index contributed by atoms with van der Waals surface area (Å²) in [6.07, 6.45) is 3.69. The summed E-state index contributed by atoms with van der Waals surface area (Å²) in [7, 11) is 0. The van der Waals surface area contributed by atoms with Gasteiger partial charge in [0.05, 0.1) is 5.60 Å². The van der Waals surface area contributed by atoms with Gasteiger partial charge in [-0.15, -0.1) is 0 Å². The van der Waals surface area contributed by atoms with Crippen molar-refractivity contribution in [3.8, 4) is 0 Å². The third-order valence-corrected chi connectivity index (χ3v) is 5.11. The lowest BCUT2D eigenvalue weighted by atomic mass is 9.80. The molecule has 0 aromatic heterocycles. The minimum Gasteiger partial charge on any atom is -0.375 e. The van der Waals surface area contributed by atoms with Crippen molar-refractivity contribution in [2.75, 3.05) is 11.5 Å². The lowest BCUT2D eigenvalue weighted by Gasteiger charge is -2.31. The van der Waals surface area contributed by atoms with Crippen LogP contribution in [0.2, 0.25) is 0 Å². The predicted octanol–water partition coefficient (Wildman–Crippen LogP) is 2.85. The standard InChI is InChI=1S/C16H19NO2/c1-16-10-11-6-7-15(18)17(11)14-5-3-2-4-12(14)13(16)8-9-19-16/h2-5,11,13H,6-10H2,1H3/t11-,13+,16+/m1/s1. The second kappa shape index (κ2) is 3.83. The van der Waals surface area contributed by atoms with Crippen LogP contribution in [0.3, 0.4) is 0 Å². The third-order valence-electron chi connectivity index (χ3n) is 5.11. The van der Waals surface area contributed by atoms with Crippen LogP contribution < -0.4 is 4.90 Å². The van der Waals surface area contributed by atoms with Gasteiger partial charge in [-0.1, -0.05) is 18.2 Å². The maximum atomic E-state index is 12.2. The number of carbonyl (C=O) groups is 1. The van der Waals surface area contributed by atoms with Crippen molar-refractivity contribution in [3.63, 3.8) is 0 Å². The van der Waals surface area contributed by atoms with E-state index in [9.17, 15) is 4.79 Å². The highest BCUT2D eigenvalue weighted by Crippen LogP contribution is 2.51. The summed E-state index contributed by atoms with van der Waals surface area (Å²) in [5, 5.41) is 0. The molecular weight excluding hydrogens is 238 g/mol. The number of para-hydroxylation sites is 1. The summed E-state index contributed by atoms with van der Waals surface area (Å²) in [5.41, 5.74) is 2.34. The van der Waals surface area contributed by atoms with E-state index in [1.165, 1.54) is 5.56 Å². The Morgan fingerprint density at radius 2 is 2.16 bits per heavy atom. The van der Waals surface area contributed by atoms with Crippen LogP contribution in [0.5, 0.6) is 0 Å². The Morgan fingerprint density at radius 1 is 1.32 bits per heavy atom. The van der Waals surface area contributed by atoms with Crippen LogP contribution in [-0.2, 0) is 9.53 Å². The second-order valence-electron chi connectivity index (χ2n) is 6.22. The quantitative estimate of drug-likeness (QED) is 0.715. The van der Waals surface area contributed by atoms with Crippen molar-refractivity contribution in [2.24, 2.45) is 0 Å². The molecule has 1 amide bonds. The first-order valence-corrected chi connectivity index (χ1v) is 7.24. The fourth-order valence-electron chi connectivity index (χ4n) is 4.24. The molecule has 0 aliphatic carbocycles. The van der Waals surface area contributed by atoms with Crippen molar-refractivity contribution in [1.29, 1.82) is 0 Å². The number of nitrogens with zero attached hydrogens (tertiary/aromatic N) is 1. The number of hydrogen-bond donors (Lipinski definition) is 0. The summed E-state index contributed by atoms with van der Waals surface area (Å²) < 4.78 is 6.09. The molecule has 3 heteroatoms. The van der Waals surface area contributed by atoms with Crippen LogP contribution in [-0.4, -0.2) is 24.2 Å². The van der Waals surface area contributed by atoms with Gasteiger partial charge < -0.3 is 9.64 Å². The van der Waals surface area contributed by atoms with E-state index in [1.54, 1.807) is 0 Å². The predicted molar refractivity (Wildman–Crippen MR) is 73.3 cm³/mol. The van der Waals surface area contributed by atoms with Crippen LogP contribution in [0, 0.1) is 0 Å². The van der Waals surface area contributed by atoms with Gasteiger partial charge in [-0.2, -0.15) is 0 Å². The van der Waals surface area contributed by atoms with Gasteiger partial charge in [0.1, 0.15) is 0 Å². The summed E-state index contributed by atoms with van der Waals surface area (Å²) in [5.74, 6) is 0.711. The topological polar surface area (TPSA) is 29.5 Å². The first-order chi connectivity index (χ1) is 9.19. The SMILES string of the molecule is C[C@]12C[C@H]3CCC(=O)N3c3ccccc3[C@@H]1CCO2. The van der Waals surface area contributed by atoms with Crippen molar-refractivity contribution >= 4 is 11.6 Å². The molecule has 3 aliphatic rings. The van der Waals surface area contributed by atoms with Gasteiger partial charge in [0.25, 0.3) is 0 Å². The maximum Gasteiger partial charge on any atom is 0.227 e. The van der Waals surface area contributed by atoms with Crippen molar-refractivity contribution < 1.29 is 9.53 Å². The fourth-order valence-corrected chi connectivity index (χ4v) is 4.24. The number of anilines is 1. The molecule has 4 rings (SSSR count). The summed E-state index contributed by atoms with van der Waals surface area (Å²) in [4.78, 5) is 14.3. The molecular formula is C16H19NO2. The van der Waals surface area contributed by atoms with E-state index in [-0.39, 0.29) is 11.5 Å². The zero-order valence-corrected chi connectivity index (χ0v) is 11.3. The van der Waals surface area contributed by atoms with Gasteiger partial charge >= 0.3 is 0 Å². The molecule has 0 radical (unpaired) electrons. The average molecular weight is 257 g/mol. The number of fused-ring (bicyclic) bond motifs is 5. The first kappa shape index (κ1) is 11.5. The monoisotopic (exact) mass is 257 g/mol. The number of benzene rings is 1. The number of carbonyl (C=O) groups excluding carboxylic acids is 1. The molecule has 3 aliphatic heterocycles. The highest BCUT2D eigenvalue weighted by molar-refractivity contribution is 5.97. The number of amides is 1. The van der Waals surface area contributed by atoms with Gasteiger partial charge in [-0.05, 0) is 37.8 Å². The Labute approximate surface area is 113 Å². The molecule has 0 spiro atoms. The van der Waals surface area contributed by atoms with E-state index in [4.69, 9.17) is 4.74 Å². The summed E-state index contributed by atoms with van der Waals surface area (Å²) >= 11 is 0. The summed E-state index contributed by atoms with van der Waals surface area (Å²) in [6, 6.07) is 8.73. The lowest BCUT2D eigenvalue weighted by Crippen LogP contribution is -2.38. The molecule has 1 aromatic carbocycles. The summed E-state index contributed by atoms with van der Waals surface area (Å²) in [6.45, 7) is 3.07. The molecule has 3 heterocycles. The van der Waals surface area contributed by atoms with Gasteiger partial charge in [-0.3, -0.25) is 4.79 Å². The molecule has 3 nitrogen and oxygen atoms in total. The van der Waals surface area contributed by atoms with Crippen LogP contribution in [0.15, 0.2) is 24.3 Å². The molecule has 100 valence electrons. The Kier molecular flexibility index (Phi) is 2.31. The molecule has 2 fully saturated rings. The van der Waals surface area contributed by atoms with Gasteiger partial charge in [0.15, 0.2) is 0 Å². The Morgan fingerprint density at radius 3 is 3.05 bits per heavy atom. The van der Waals surface area contributed by atoms with E-state index in [1.807, 2.05) is 11.0 Å². The average Bonchev–Trinajstić information content (AvgIpc) is 2.91. The van der Waals surface area contributed by atoms with Crippen LogP contribution in [0.4, 0.5) is 5.69 Å². The molecule has 3 atom stereocenters. The highest BCUT2D eigenvalue weighted by atomic mass is 16.5. The van der Waals surface area contributed by atoms with Gasteiger partial charge in [0, 0.05) is 30.7 Å². The van der Waals surface area contributed by atoms with Crippen LogP contribution in [0.1, 0.15) is 44.1 Å². The maximum absolute atomic E-state index is 12.2. The Balaban J connectivity index is 1.92. The lowest BCUT2D eigenvalue weighted by molar-refractivity contribution is -0.117. The zero-order chi connectivity index (χ0) is 13.0. The molecule has 0 N–H and O–H groups in total. The molecule has 2 saturated heterocycles. The second-order valence-corrected chi connectivity index (χ2v) is 6.22. The minimum atomic E-state index is -0.0971. The first-order valence-electron chi connectivity index (χ1n) is 7.24. The van der Waals surface area contributed by atoms with E-state index >= 15 is 0 Å². The van der Waals surface area contributed by atoms with Crippen molar-refractivity contribution in [3.05, 3.63) is 29.8 Å². The van der Waals surface area contributed by atoms with Crippen LogP contribution in [0.25, 0.3) is 0 Å². The highest BCUT2D eigenvalue weighted by Gasteiger charge is 2.49. The minimum absolute atomic E-state index is 0.0971. The smallest absolute Gasteiger partial charge is 0.227 e. The van der Waals surface area contributed by atoms with E-state index < -0.39 is 0 Å². The molecule has 19 heavy (non-hydrogen) atoms. The normalized spacial score (nSPS) is 36.7. The molecule has 1 aromatic rings. The van der Waals surface area contributed by atoms with E-state index in [0.29, 0.717) is 18.4 Å². The Bertz CT molecular complexity index is 541. The zero-order valence-electron chi connectivity index (χ0n) is 11.3. The number of rotatable bonds is 0. The van der Waals surface area contributed by atoms with Crippen molar-refractivity contribution in [1.82, 2.24) is 0 Å². The molecule has 0 unspecified atom stereocenters. The largest absolute Gasteiger partial charge is 0.375 e. The molecule has 0 bridgehead atoms. The van der Waals surface area contributed by atoms with Gasteiger partial charge in [-0.25, -0.2) is 0 Å².